The predicted octanol–water partition coefficient (Wildman–Crippen LogP) is 4.21. The third-order valence-corrected chi connectivity index (χ3v) is 6.23. The average Bonchev–Trinajstić information content (AvgIpc) is 2.60. The SMILES string of the molecule is Nc1nc2c(c(-c3ccc(F)cc3)n1)-c1cc(S(=O)(=O)Cl)c(Cl)cc1CC2. The van der Waals surface area contributed by atoms with Crippen molar-refractivity contribution in [2.24, 2.45) is 0 Å². The van der Waals surface area contributed by atoms with Gasteiger partial charge in [0.15, 0.2) is 0 Å². The first-order valence-electron chi connectivity index (χ1n) is 7.94. The van der Waals surface area contributed by atoms with E-state index in [2.05, 4.69) is 9.97 Å². The summed E-state index contributed by atoms with van der Waals surface area (Å²) < 4.78 is 37.1. The van der Waals surface area contributed by atoms with Gasteiger partial charge in [-0.3, -0.25) is 0 Å². The number of benzene rings is 2. The Kier molecular flexibility index (Phi) is 4.33. The standard InChI is InChI=1S/C18H12Cl2FN3O2S/c19-13-7-10-3-6-14-16(12(10)8-15(13)27(20,25)26)17(24-18(22)23-14)9-1-4-11(21)5-2-9/h1-2,4-5,7-8H,3,6H2,(H2,22,23,24). The molecule has 4 rings (SSSR count). The third kappa shape index (κ3) is 3.26. The summed E-state index contributed by atoms with van der Waals surface area (Å²) in [6.45, 7) is 0. The molecule has 0 saturated carbocycles. The van der Waals surface area contributed by atoms with E-state index in [0.717, 1.165) is 5.56 Å². The van der Waals surface area contributed by atoms with Crippen molar-refractivity contribution in [3.8, 4) is 22.4 Å². The van der Waals surface area contributed by atoms with Gasteiger partial charge in [-0.05, 0) is 60.4 Å². The zero-order valence-electron chi connectivity index (χ0n) is 13.7. The van der Waals surface area contributed by atoms with Crippen LogP contribution in [0.3, 0.4) is 0 Å². The number of nitrogens with two attached hydrogens (primary N) is 1. The summed E-state index contributed by atoms with van der Waals surface area (Å²) in [6, 6.07) is 8.84. The van der Waals surface area contributed by atoms with Gasteiger partial charge in [-0.15, -0.1) is 0 Å². The first-order chi connectivity index (χ1) is 12.7. The van der Waals surface area contributed by atoms with Crippen molar-refractivity contribution in [1.82, 2.24) is 9.97 Å². The van der Waals surface area contributed by atoms with Crippen molar-refractivity contribution >= 4 is 37.3 Å². The van der Waals surface area contributed by atoms with E-state index in [0.29, 0.717) is 40.9 Å². The molecule has 0 aliphatic heterocycles. The molecule has 138 valence electrons. The topological polar surface area (TPSA) is 85.9 Å². The van der Waals surface area contributed by atoms with Crippen LogP contribution >= 0.6 is 22.3 Å². The lowest BCUT2D eigenvalue weighted by molar-refractivity contribution is 0.609. The average molecular weight is 424 g/mol. The zero-order chi connectivity index (χ0) is 19.3. The normalized spacial score (nSPS) is 13.1. The maximum absolute atomic E-state index is 13.3. The van der Waals surface area contributed by atoms with Gasteiger partial charge in [-0.25, -0.2) is 22.8 Å². The van der Waals surface area contributed by atoms with Crippen LogP contribution in [-0.2, 0) is 21.9 Å². The van der Waals surface area contributed by atoms with Crippen molar-refractivity contribution < 1.29 is 12.8 Å². The molecule has 0 bridgehead atoms. The van der Waals surface area contributed by atoms with Crippen LogP contribution in [0.4, 0.5) is 10.3 Å². The number of aromatic nitrogens is 2. The molecule has 1 aromatic heterocycles. The fraction of sp³-hybridized carbons (Fsp3) is 0.111. The molecule has 0 radical (unpaired) electrons. The van der Waals surface area contributed by atoms with Crippen LogP contribution in [-0.4, -0.2) is 18.4 Å². The Morgan fingerprint density at radius 1 is 1.07 bits per heavy atom. The molecule has 1 aliphatic carbocycles. The van der Waals surface area contributed by atoms with E-state index in [1.807, 2.05) is 0 Å². The highest BCUT2D eigenvalue weighted by atomic mass is 35.7. The minimum Gasteiger partial charge on any atom is -0.368 e. The van der Waals surface area contributed by atoms with Gasteiger partial charge in [0.2, 0.25) is 5.95 Å². The van der Waals surface area contributed by atoms with Crippen molar-refractivity contribution in [3.63, 3.8) is 0 Å². The second kappa shape index (κ2) is 6.44. The van der Waals surface area contributed by atoms with Gasteiger partial charge in [0.05, 0.1) is 16.4 Å². The van der Waals surface area contributed by atoms with Crippen LogP contribution < -0.4 is 5.73 Å². The first kappa shape index (κ1) is 18.2. The highest BCUT2D eigenvalue weighted by Crippen LogP contribution is 2.42. The van der Waals surface area contributed by atoms with Crippen LogP contribution in [0.1, 0.15) is 11.3 Å². The van der Waals surface area contributed by atoms with Crippen molar-refractivity contribution in [2.45, 2.75) is 17.7 Å². The van der Waals surface area contributed by atoms with Crippen LogP contribution in [0.2, 0.25) is 5.02 Å². The first-order valence-corrected chi connectivity index (χ1v) is 10.6. The number of hydrogen-bond donors (Lipinski definition) is 1. The molecule has 9 heteroatoms. The lowest BCUT2D eigenvalue weighted by Gasteiger charge is -2.23. The fourth-order valence-corrected chi connectivity index (χ4v) is 4.82. The Morgan fingerprint density at radius 3 is 2.44 bits per heavy atom. The number of fused-ring (bicyclic) bond motifs is 3. The highest BCUT2D eigenvalue weighted by molar-refractivity contribution is 8.13. The molecule has 5 nitrogen and oxygen atoms in total. The molecule has 1 aliphatic rings. The van der Waals surface area contributed by atoms with Crippen LogP contribution in [0.15, 0.2) is 41.3 Å². The summed E-state index contributed by atoms with van der Waals surface area (Å²) in [4.78, 5) is 8.45. The van der Waals surface area contributed by atoms with Gasteiger partial charge < -0.3 is 5.73 Å². The fourth-order valence-electron chi connectivity index (χ4n) is 3.28. The molecule has 27 heavy (non-hydrogen) atoms. The van der Waals surface area contributed by atoms with E-state index in [4.69, 9.17) is 28.0 Å². The minimum absolute atomic E-state index is 0.0619. The van der Waals surface area contributed by atoms with E-state index in [1.54, 1.807) is 18.2 Å². The summed E-state index contributed by atoms with van der Waals surface area (Å²) in [6.07, 6.45) is 1.20. The Hall–Kier alpha value is -2.22. The van der Waals surface area contributed by atoms with Crippen LogP contribution in [0.25, 0.3) is 22.4 Å². The smallest absolute Gasteiger partial charge is 0.262 e. The second-order valence-corrected chi connectivity index (χ2v) is 9.08. The number of halogens is 3. The molecule has 0 unspecified atom stereocenters. The number of nitrogen functional groups attached to an aromatic ring is 1. The van der Waals surface area contributed by atoms with Gasteiger partial charge in [0.1, 0.15) is 10.7 Å². The summed E-state index contributed by atoms with van der Waals surface area (Å²) in [7, 11) is 1.49. The Bertz CT molecular complexity index is 1180. The van der Waals surface area contributed by atoms with Crippen molar-refractivity contribution in [2.75, 3.05) is 5.73 Å². The number of anilines is 1. The van der Waals surface area contributed by atoms with Gasteiger partial charge >= 0.3 is 0 Å². The molecule has 2 N–H and O–H groups in total. The third-order valence-electron chi connectivity index (χ3n) is 4.44. The van der Waals surface area contributed by atoms with E-state index >= 15 is 0 Å². The number of aryl methyl sites for hydroxylation is 2. The van der Waals surface area contributed by atoms with Gasteiger partial charge in [0.25, 0.3) is 9.05 Å². The van der Waals surface area contributed by atoms with Crippen LogP contribution in [0.5, 0.6) is 0 Å². The summed E-state index contributed by atoms with van der Waals surface area (Å²) in [5.41, 5.74) is 9.81. The Balaban J connectivity index is 2.04. The molecule has 0 spiro atoms. The van der Waals surface area contributed by atoms with Gasteiger partial charge in [-0.1, -0.05) is 11.6 Å². The second-order valence-electron chi connectivity index (χ2n) is 6.14. The molecule has 3 aromatic rings. The molecular formula is C18H12Cl2FN3O2S. The highest BCUT2D eigenvalue weighted by Gasteiger charge is 2.27. The maximum Gasteiger partial charge on any atom is 0.262 e. The number of rotatable bonds is 2. The lowest BCUT2D eigenvalue weighted by atomic mass is 9.86. The van der Waals surface area contributed by atoms with Gasteiger partial charge in [-0.2, -0.15) is 0 Å². The molecule has 0 amide bonds. The van der Waals surface area contributed by atoms with E-state index in [-0.39, 0.29) is 21.7 Å². The van der Waals surface area contributed by atoms with E-state index in [9.17, 15) is 12.8 Å². The predicted molar refractivity (Wildman–Crippen MR) is 103 cm³/mol. The number of nitrogens with zero attached hydrogens (tertiary/aromatic N) is 2. The summed E-state index contributed by atoms with van der Waals surface area (Å²) >= 11 is 6.12. The maximum atomic E-state index is 13.3. The summed E-state index contributed by atoms with van der Waals surface area (Å²) in [5, 5.41) is 0.0619. The number of hydrogen-bond acceptors (Lipinski definition) is 5. The minimum atomic E-state index is -4.04. The Labute approximate surface area is 164 Å². The van der Waals surface area contributed by atoms with Crippen molar-refractivity contribution in [1.29, 1.82) is 0 Å². The van der Waals surface area contributed by atoms with E-state index in [1.165, 1.54) is 18.2 Å². The zero-order valence-corrected chi connectivity index (χ0v) is 16.0. The molecular weight excluding hydrogens is 412 g/mol. The monoisotopic (exact) mass is 423 g/mol. The molecule has 0 saturated heterocycles. The lowest BCUT2D eigenvalue weighted by Crippen LogP contribution is -2.12. The van der Waals surface area contributed by atoms with Crippen LogP contribution in [0, 0.1) is 5.82 Å². The Morgan fingerprint density at radius 2 is 1.78 bits per heavy atom. The van der Waals surface area contributed by atoms with Gasteiger partial charge in [0, 0.05) is 21.8 Å². The molecule has 1 heterocycles. The molecule has 0 atom stereocenters. The largest absolute Gasteiger partial charge is 0.368 e. The quantitative estimate of drug-likeness (QED) is 0.623. The molecule has 2 aromatic carbocycles. The van der Waals surface area contributed by atoms with Crippen molar-refractivity contribution in [3.05, 3.63) is 58.5 Å². The van der Waals surface area contributed by atoms with E-state index < -0.39 is 9.05 Å². The molecule has 0 fully saturated rings. The summed E-state index contributed by atoms with van der Waals surface area (Å²) in [5.74, 6) is -0.284.